The van der Waals surface area contributed by atoms with Gasteiger partial charge in [0.2, 0.25) is 0 Å². The minimum atomic E-state index is -4.34. The number of aliphatic hydroxyl groups excluding tert-OH is 5. The molecule has 0 saturated carbocycles. The van der Waals surface area contributed by atoms with E-state index in [2.05, 4.69) is 0 Å². The standard InChI is InChI=1S/C22H38N2O16P2S/c1-34-6-7-35-8-9-43-11-13-16(27)17(28)19(30)21(38-13)39-42(3,33)40-41(2,32)36-10-12-15(26)18(29)20(37-12)24-5-4-14(25)23-22(24)31/h4-5,12-13,15-21,26-30H,6-11H2,1-3H3,(H,23,25,31)/t12?,13?,15-,16+,17+,18-,19?,20?,21+,41?,42?/m1/s1. The van der Waals surface area contributed by atoms with E-state index >= 15 is 0 Å². The summed E-state index contributed by atoms with van der Waals surface area (Å²) >= 11 is 1.33. The third-order valence-electron chi connectivity index (χ3n) is 6.28. The van der Waals surface area contributed by atoms with Crippen LogP contribution in [0.15, 0.2) is 21.9 Å². The van der Waals surface area contributed by atoms with Crippen molar-refractivity contribution in [3.63, 3.8) is 0 Å². The largest absolute Gasteiger partial charge is 0.388 e. The number of H-pyrrole nitrogens is 1. The van der Waals surface area contributed by atoms with E-state index in [-0.39, 0.29) is 5.75 Å². The number of aromatic amines is 1. The molecule has 2 fully saturated rings. The predicted molar refractivity (Wildman–Crippen MR) is 149 cm³/mol. The second-order valence-corrected chi connectivity index (χ2v) is 15.1. The van der Waals surface area contributed by atoms with Crippen LogP contribution in [0.4, 0.5) is 0 Å². The molecule has 0 aliphatic carbocycles. The number of rotatable bonds is 16. The third kappa shape index (κ3) is 10.3. The first kappa shape index (κ1) is 36.5. The maximum absolute atomic E-state index is 13.1. The molecule has 2 aliphatic rings. The van der Waals surface area contributed by atoms with Gasteiger partial charge < -0.3 is 49.0 Å². The van der Waals surface area contributed by atoms with Crippen molar-refractivity contribution in [1.29, 1.82) is 0 Å². The zero-order chi connectivity index (χ0) is 31.9. The smallest absolute Gasteiger partial charge is 0.337 e. The van der Waals surface area contributed by atoms with Gasteiger partial charge in [0.05, 0.1) is 32.5 Å². The fourth-order valence-electron chi connectivity index (χ4n) is 4.14. The average molecular weight is 681 g/mol. The summed E-state index contributed by atoms with van der Waals surface area (Å²) in [6, 6.07) is 1.01. The minimum Gasteiger partial charge on any atom is -0.388 e. The Balaban J connectivity index is 1.54. The quantitative estimate of drug-likeness (QED) is 0.0820. The first-order chi connectivity index (χ1) is 20.2. The normalized spacial score (nSPS) is 34.1. The Kier molecular flexibility index (Phi) is 13.6. The fraction of sp³-hybridized carbons (Fsp3) is 0.818. The highest BCUT2D eigenvalue weighted by atomic mass is 32.2. The Morgan fingerprint density at radius 1 is 0.930 bits per heavy atom. The average Bonchev–Trinajstić information content (AvgIpc) is 3.20. The molecule has 2 aliphatic heterocycles. The van der Waals surface area contributed by atoms with Crippen LogP contribution in [0.1, 0.15) is 6.23 Å². The first-order valence-electron chi connectivity index (χ1n) is 13.0. The molecule has 1 aromatic heterocycles. The summed E-state index contributed by atoms with van der Waals surface area (Å²) in [4.78, 5) is 25.3. The number of ether oxygens (including phenoxy) is 4. The van der Waals surface area contributed by atoms with E-state index in [9.17, 15) is 44.3 Å². The van der Waals surface area contributed by atoms with Crippen LogP contribution in [0.2, 0.25) is 0 Å². The van der Waals surface area contributed by atoms with Gasteiger partial charge in [-0.2, -0.15) is 11.8 Å². The number of hydrogen-bond acceptors (Lipinski definition) is 17. The topological polar surface area (TPSA) is 255 Å². The number of hydrogen-bond donors (Lipinski definition) is 6. The molecule has 0 radical (unpaired) electrons. The third-order valence-corrected chi connectivity index (χ3v) is 10.9. The molecule has 0 aromatic carbocycles. The van der Waals surface area contributed by atoms with Crippen LogP contribution in [0.25, 0.3) is 0 Å². The van der Waals surface area contributed by atoms with E-state index < -0.39 is 88.3 Å². The summed E-state index contributed by atoms with van der Waals surface area (Å²) in [5.74, 6) is 0.676. The van der Waals surface area contributed by atoms with Crippen molar-refractivity contribution in [2.75, 3.05) is 58.4 Å². The van der Waals surface area contributed by atoms with Crippen molar-refractivity contribution in [1.82, 2.24) is 9.55 Å². The van der Waals surface area contributed by atoms with Crippen LogP contribution in [-0.2, 0) is 41.4 Å². The van der Waals surface area contributed by atoms with Crippen molar-refractivity contribution in [2.24, 2.45) is 0 Å². The molecule has 2 saturated heterocycles. The lowest BCUT2D eigenvalue weighted by Gasteiger charge is -2.40. The molecule has 1 aromatic rings. The van der Waals surface area contributed by atoms with Crippen LogP contribution in [0.3, 0.4) is 0 Å². The lowest BCUT2D eigenvalue weighted by Crippen LogP contribution is -2.58. The molecule has 0 spiro atoms. The molecule has 248 valence electrons. The van der Waals surface area contributed by atoms with Gasteiger partial charge in [0.15, 0.2) is 12.5 Å². The second kappa shape index (κ2) is 16.0. The van der Waals surface area contributed by atoms with E-state index in [1.807, 2.05) is 4.98 Å². The summed E-state index contributed by atoms with van der Waals surface area (Å²) in [6.07, 6.45) is -12.7. The SMILES string of the molecule is COCCOCCSCC1O[C@@H](OP(C)(=O)OP(C)(=O)OCC2OC(n3ccc(=O)[nH]c3=O)[C@H](O)[C@@H]2O)C(O)[C@@H](O)[C@H]1O. The Hall–Kier alpha value is -0.990. The highest BCUT2D eigenvalue weighted by Crippen LogP contribution is 2.62. The van der Waals surface area contributed by atoms with Crippen molar-refractivity contribution in [2.45, 2.75) is 55.2 Å². The van der Waals surface area contributed by atoms with Crippen molar-refractivity contribution in [3.8, 4) is 0 Å². The molecule has 43 heavy (non-hydrogen) atoms. The maximum atomic E-state index is 13.1. The molecule has 0 bridgehead atoms. The second-order valence-electron chi connectivity index (χ2n) is 9.78. The van der Waals surface area contributed by atoms with Gasteiger partial charge in [-0.3, -0.25) is 28.0 Å². The first-order valence-corrected chi connectivity index (χ1v) is 18.2. The van der Waals surface area contributed by atoms with Crippen LogP contribution >= 0.6 is 27.0 Å². The number of aromatic nitrogens is 2. The highest BCUT2D eigenvalue weighted by Gasteiger charge is 2.48. The van der Waals surface area contributed by atoms with Crippen molar-refractivity contribution < 1.29 is 67.0 Å². The van der Waals surface area contributed by atoms with Gasteiger partial charge in [0, 0.05) is 44.2 Å². The summed E-state index contributed by atoms with van der Waals surface area (Å²) in [5, 5.41) is 51.6. The monoisotopic (exact) mass is 680 g/mol. The van der Waals surface area contributed by atoms with Gasteiger partial charge in [-0.25, -0.2) is 9.11 Å². The number of thioether (sulfide) groups is 1. The van der Waals surface area contributed by atoms with Gasteiger partial charge in [0.25, 0.3) is 5.56 Å². The van der Waals surface area contributed by atoms with Crippen LogP contribution in [0, 0.1) is 0 Å². The molecule has 18 nitrogen and oxygen atoms in total. The number of nitrogens with zero attached hydrogens (tertiary/aromatic N) is 1. The molecule has 11 atom stereocenters. The lowest BCUT2D eigenvalue weighted by molar-refractivity contribution is -0.268. The van der Waals surface area contributed by atoms with Crippen molar-refractivity contribution in [3.05, 3.63) is 33.1 Å². The summed E-state index contributed by atoms with van der Waals surface area (Å²) in [5.41, 5.74) is -1.59. The van der Waals surface area contributed by atoms with Gasteiger partial charge in [-0.15, -0.1) is 0 Å². The number of methoxy groups -OCH3 is 1. The van der Waals surface area contributed by atoms with E-state index in [1.165, 1.54) is 11.8 Å². The van der Waals surface area contributed by atoms with E-state index in [0.29, 0.717) is 25.6 Å². The van der Waals surface area contributed by atoms with E-state index in [1.54, 1.807) is 7.11 Å². The van der Waals surface area contributed by atoms with Crippen molar-refractivity contribution >= 4 is 27.0 Å². The Bertz CT molecular complexity index is 1250. The van der Waals surface area contributed by atoms with E-state index in [4.69, 9.17) is 32.3 Å². The lowest BCUT2D eigenvalue weighted by atomic mass is 10.0. The Morgan fingerprint density at radius 2 is 1.63 bits per heavy atom. The molecule has 3 rings (SSSR count). The predicted octanol–water partition coefficient (Wildman–Crippen LogP) is -1.94. The van der Waals surface area contributed by atoms with E-state index in [0.717, 1.165) is 30.2 Å². The molecular weight excluding hydrogens is 642 g/mol. The summed E-state index contributed by atoms with van der Waals surface area (Å²) in [7, 11) is -7.03. The molecule has 0 amide bonds. The molecule has 3 heterocycles. The van der Waals surface area contributed by atoms with Crippen LogP contribution in [-0.4, -0.2) is 142 Å². The molecule has 6 N–H and O–H groups in total. The van der Waals surface area contributed by atoms with Crippen LogP contribution in [0.5, 0.6) is 0 Å². The van der Waals surface area contributed by atoms with Crippen LogP contribution < -0.4 is 11.2 Å². The van der Waals surface area contributed by atoms with Gasteiger partial charge in [0.1, 0.15) is 36.6 Å². The van der Waals surface area contributed by atoms with Gasteiger partial charge in [-0.1, -0.05) is 0 Å². The number of nitrogens with one attached hydrogen (secondary N) is 1. The zero-order valence-corrected chi connectivity index (χ0v) is 26.2. The summed E-state index contributed by atoms with van der Waals surface area (Å²) in [6.45, 7) is 2.45. The summed E-state index contributed by atoms with van der Waals surface area (Å²) < 4.78 is 63.7. The van der Waals surface area contributed by atoms with Gasteiger partial charge >= 0.3 is 20.9 Å². The van der Waals surface area contributed by atoms with Gasteiger partial charge in [-0.05, 0) is 0 Å². The zero-order valence-electron chi connectivity index (χ0n) is 23.6. The highest BCUT2D eigenvalue weighted by molar-refractivity contribution is 7.99. The Morgan fingerprint density at radius 3 is 2.30 bits per heavy atom. The Labute approximate surface area is 250 Å². The maximum Gasteiger partial charge on any atom is 0.337 e. The number of aliphatic hydroxyl groups is 5. The fourth-order valence-corrected chi connectivity index (χ4v) is 8.51. The molecular formula is C22H38N2O16P2S. The molecule has 6 unspecified atom stereocenters. The molecule has 21 heteroatoms. The minimum absolute atomic E-state index is 0.157.